The summed E-state index contributed by atoms with van der Waals surface area (Å²) in [5.74, 6) is 0. The zero-order chi connectivity index (χ0) is 15.1. The number of unbranched alkanes of at least 4 members (excludes halogenated alkanes) is 1. The van der Waals surface area contributed by atoms with E-state index in [0.29, 0.717) is 17.5 Å². The van der Waals surface area contributed by atoms with Crippen molar-refractivity contribution >= 4 is 18.2 Å². The zero-order valence-corrected chi connectivity index (χ0v) is 13.0. The molecule has 0 aliphatic carbocycles. The molecule has 0 radical (unpaired) electrons. The number of rotatable bonds is 7. The van der Waals surface area contributed by atoms with Crippen LogP contribution in [0.3, 0.4) is 0 Å². The van der Waals surface area contributed by atoms with Crippen molar-refractivity contribution in [3.8, 4) is 0 Å². The van der Waals surface area contributed by atoms with Gasteiger partial charge in [0.1, 0.15) is 0 Å². The maximum absolute atomic E-state index is 13.2. The van der Waals surface area contributed by atoms with Crippen LogP contribution in [-0.4, -0.2) is 12.1 Å². The second-order valence-electron chi connectivity index (χ2n) is 4.74. The summed E-state index contributed by atoms with van der Waals surface area (Å²) in [6.45, 7) is 2.34. The molecule has 0 saturated heterocycles. The Morgan fingerprint density at radius 1 is 1.00 bits per heavy atom. The number of hydrogen-bond acceptors (Lipinski definition) is 3. The van der Waals surface area contributed by atoms with Crippen molar-refractivity contribution in [1.29, 1.82) is 0 Å². The van der Waals surface area contributed by atoms with Gasteiger partial charge < -0.3 is 4.52 Å². The first-order valence-corrected chi connectivity index (χ1v) is 8.71. The molecule has 2 aromatic rings. The van der Waals surface area contributed by atoms with Gasteiger partial charge >= 0.3 is 7.37 Å². The topological polar surface area (TPSA) is 43.4 Å². The first-order valence-electron chi connectivity index (χ1n) is 7.08. The summed E-state index contributed by atoms with van der Waals surface area (Å²) >= 11 is 0. The highest BCUT2D eigenvalue weighted by Crippen LogP contribution is 2.49. The maximum Gasteiger partial charge on any atom is 0.300 e. The summed E-state index contributed by atoms with van der Waals surface area (Å²) < 4.78 is 18.8. The summed E-state index contributed by atoms with van der Waals surface area (Å²) in [5, 5.41) is 0.454. The van der Waals surface area contributed by atoms with Gasteiger partial charge in [-0.2, -0.15) is 0 Å². The van der Waals surface area contributed by atoms with Crippen LogP contribution in [0, 0.1) is 0 Å². The van der Waals surface area contributed by atoms with E-state index in [4.69, 9.17) is 4.52 Å². The lowest BCUT2D eigenvalue weighted by Gasteiger charge is -2.17. The average molecular weight is 302 g/mol. The Morgan fingerprint density at radius 2 is 1.57 bits per heavy atom. The van der Waals surface area contributed by atoms with Crippen LogP contribution >= 0.6 is 7.37 Å². The van der Waals surface area contributed by atoms with Gasteiger partial charge in [-0.15, -0.1) is 0 Å². The van der Waals surface area contributed by atoms with Crippen molar-refractivity contribution in [3.63, 3.8) is 0 Å². The molecule has 0 aromatic heterocycles. The van der Waals surface area contributed by atoms with E-state index in [0.717, 1.165) is 12.8 Å². The van der Waals surface area contributed by atoms with Gasteiger partial charge in [-0.3, -0.25) is 9.36 Å². The fourth-order valence-electron chi connectivity index (χ4n) is 1.96. The monoisotopic (exact) mass is 302 g/mol. The summed E-state index contributed by atoms with van der Waals surface area (Å²) in [7, 11) is -3.55. The van der Waals surface area contributed by atoms with Crippen LogP contribution in [-0.2, 0) is 9.09 Å². The summed E-state index contributed by atoms with van der Waals surface area (Å²) in [6, 6.07) is 17.4. The van der Waals surface area contributed by atoms with E-state index in [1.54, 1.807) is 48.5 Å². The normalized spacial score (nSPS) is 13.6. The molecule has 0 fully saturated rings. The second-order valence-corrected chi connectivity index (χ2v) is 7.03. The highest BCUT2D eigenvalue weighted by atomic mass is 31.2. The number of benzene rings is 2. The number of carbonyl (C=O) groups is 1. The molecule has 0 aliphatic heterocycles. The average Bonchev–Trinajstić information content (AvgIpc) is 2.56. The lowest BCUT2D eigenvalue weighted by Crippen LogP contribution is -2.16. The van der Waals surface area contributed by atoms with E-state index >= 15 is 0 Å². The SMILES string of the molecule is CCCCOP(=O)(C(=O)c1ccccc1)c1ccccc1. The van der Waals surface area contributed by atoms with Crippen molar-refractivity contribution in [2.45, 2.75) is 19.8 Å². The van der Waals surface area contributed by atoms with Crippen LogP contribution in [0.1, 0.15) is 30.1 Å². The molecule has 0 aliphatic rings. The molecule has 0 spiro atoms. The first-order chi connectivity index (χ1) is 10.2. The fourth-order valence-corrected chi connectivity index (χ4v) is 3.90. The molecule has 0 bridgehead atoms. The largest absolute Gasteiger partial charge is 0.320 e. The molecule has 110 valence electrons. The van der Waals surface area contributed by atoms with E-state index in [1.165, 1.54) is 0 Å². The Hall–Kier alpha value is -1.70. The Kier molecular flexibility index (Phi) is 5.49. The quantitative estimate of drug-likeness (QED) is 0.567. The van der Waals surface area contributed by atoms with Crippen molar-refractivity contribution < 1.29 is 13.9 Å². The molecule has 1 unspecified atom stereocenters. The van der Waals surface area contributed by atoms with Gasteiger partial charge in [0, 0.05) is 10.9 Å². The molecular weight excluding hydrogens is 283 g/mol. The van der Waals surface area contributed by atoms with Crippen LogP contribution in [0.25, 0.3) is 0 Å². The van der Waals surface area contributed by atoms with Crippen LogP contribution in [0.15, 0.2) is 60.7 Å². The highest BCUT2D eigenvalue weighted by Gasteiger charge is 2.35. The summed E-state index contributed by atoms with van der Waals surface area (Å²) in [5.41, 5.74) is -0.0217. The van der Waals surface area contributed by atoms with E-state index in [-0.39, 0.29) is 0 Å². The van der Waals surface area contributed by atoms with Gasteiger partial charge in [-0.05, 0) is 18.6 Å². The molecule has 0 N–H and O–H groups in total. The molecule has 2 aromatic carbocycles. The highest BCUT2D eigenvalue weighted by molar-refractivity contribution is 7.83. The third kappa shape index (κ3) is 3.69. The Morgan fingerprint density at radius 3 is 2.14 bits per heavy atom. The minimum absolute atomic E-state index is 0.321. The predicted molar refractivity (Wildman–Crippen MR) is 85.3 cm³/mol. The van der Waals surface area contributed by atoms with Gasteiger partial charge in [-0.1, -0.05) is 61.9 Å². The lowest BCUT2D eigenvalue weighted by molar-refractivity contribution is 0.105. The molecular formula is C17H19O3P. The van der Waals surface area contributed by atoms with E-state index in [2.05, 4.69) is 0 Å². The second kappa shape index (κ2) is 7.35. The van der Waals surface area contributed by atoms with Crippen LogP contribution < -0.4 is 5.30 Å². The van der Waals surface area contributed by atoms with Crippen LogP contribution in [0.5, 0.6) is 0 Å². The predicted octanol–water partition coefficient (Wildman–Crippen LogP) is 4.25. The molecule has 3 nitrogen and oxygen atoms in total. The molecule has 0 heterocycles. The molecule has 1 atom stereocenters. The molecule has 21 heavy (non-hydrogen) atoms. The van der Waals surface area contributed by atoms with Crippen molar-refractivity contribution in [1.82, 2.24) is 0 Å². The van der Waals surface area contributed by atoms with E-state index in [1.807, 2.05) is 19.1 Å². The lowest BCUT2D eigenvalue weighted by atomic mass is 10.2. The van der Waals surface area contributed by atoms with Gasteiger partial charge in [0.2, 0.25) is 0 Å². The summed E-state index contributed by atoms with van der Waals surface area (Å²) in [6.07, 6.45) is 1.70. The van der Waals surface area contributed by atoms with Gasteiger partial charge in [0.05, 0.1) is 6.61 Å². The standard InChI is InChI=1S/C17H19O3P/c1-2-3-14-20-21(19,16-12-8-5-9-13-16)17(18)15-10-6-4-7-11-15/h4-13H,2-3,14H2,1H3. The van der Waals surface area contributed by atoms with E-state index in [9.17, 15) is 9.36 Å². The third-order valence-electron chi connectivity index (χ3n) is 3.16. The van der Waals surface area contributed by atoms with Gasteiger partial charge in [0.25, 0.3) is 5.52 Å². The van der Waals surface area contributed by atoms with Gasteiger partial charge in [0.15, 0.2) is 0 Å². The fraction of sp³-hybridized carbons (Fsp3) is 0.235. The van der Waals surface area contributed by atoms with Crippen molar-refractivity contribution in [2.24, 2.45) is 0 Å². The van der Waals surface area contributed by atoms with Crippen molar-refractivity contribution in [3.05, 3.63) is 66.2 Å². The van der Waals surface area contributed by atoms with Crippen LogP contribution in [0.2, 0.25) is 0 Å². The summed E-state index contributed by atoms with van der Waals surface area (Å²) in [4.78, 5) is 12.7. The molecule has 0 saturated carbocycles. The minimum Gasteiger partial charge on any atom is -0.320 e. The van der Waals surface area contributed by atoms with Crippen molar-refractivity contribution in [2.75, 3.05) is 6.61 Å². The maximum atomic E-state index is 13.2. The Bertz CT molecular complexity index is 623. The Balaban J connectivity index is 2.37. The number of hydrogen-bond donors (Lipinski definition) is 0. The minimum atomic E-state index is -3.55. The zero-order valence-electron chi connectivity index (χ0n) is 12.1. The first kappa shape index (κ1) is 15.7. The Labute approximate surface area is 125 Å². The number of carbonyl (C=O) groups excluding carboxylic acids is 1. The van der Waals surface area contributed by atoms with Gasteiger partial charge in [-0.25, -0.2) is 0 Å². The van der Waals surface area contributed by atoms with Crippen LogP contribution in [0.4, 0.5) is 0 Å². The third-order valence-corrected chi connectivity index (χ3v) is 5.47. The molecule has 0 amide bonds. The van der Waals surface area contributed by atoms with E-state index < -0.39 is 12.9 Å². The molecule has 4 heteroatoms. The smallest absolute Gasteiger partial charge is 0.300 e. The molecule has 2 rings (SSSR count).